The number of benzene rings is 2. The van der Waals surface area contributed by atoms with Crippen LogP contribution in [0, 0.1) is 12.7 Å². The predicted octanol–water partition coefficient (Wildman–Crippen LogP) is 5.19. The Kier molecular flexibility index (Phi) is 6.39. The van der Waals surface area contributed by atoms with Gasteiger partial charge in [0.25, 0.3) is 11.8 Å². The van der Waals surface area contributed by atoms with E-state index in [0.717, 1.165) is 12.1 Å². The van der Waals surface area contributed by atoms with Crippen LogP contribution < -0.4 is 5.32 Å². The summed E-state index contributed by atoms with van der Waals surface area (Å²) in [6.07, 6.45) is -4.66. The molecule has 1 atom stereocenters. The highest BCUT2D eigenvalue weighted by Crippen LogP contribution is 2.38. The lowest BCUT2D eigenvalue weighted by Crippen LogP contribution is -2.50. The van der Waals surface area contributed by atoms with E-state index in [-0.39, 0.29) is 10.0 Å². The maximum atomic E-state index is 14.6. The number of hydrogen-bond donors (Lipinski definition) is 2. The van der Waals surface area contributed by atoms with Crippen LogP contribution in [0.3, 0.4) is 0 Å². The average molecular weight is 484 g/mol. The maximum Gasteiger partial charge on any atom is 0.416 e. The van der Waals surface area contributed by atoms with Gasteiger partial charge >= 0.3 is 6.18 Å². The first-order chi connectivity index (χ1) is 13.2. The molecule has 10 heteroatoms. The highest BCUT2D eigenvalue weighted by atomic mass is 79.9. The summed E-state index contributed by atoms with van der Waals surface area (Å²) in [6, 6.07) is 5.37. The molecule has 1 amide bonds. The Morgan fingerprint density at radius 1 is 1.03 bits per heavy atom. The van der Waals surface area contributed by atoms with E-state index in [2.05, 4.69) is 15.9 Å². The van der Waals surface area contributed by atoms with E-state index in [4.69, 9.17) is 0 Å². The Morgan fingerprint density at radius 2 is 1.55 bits per heavy atom. The molecule has 0 fully saturated rings. The van der Waals surface area contributed by atoms with Gasteiger partial charge in [0.05, 0.1) is 22.1 Å². The van der Waals surface area contributed by atoms with Gasteiger partial charge in [0, 0.05) is 0 Å². The molecule has 0 bridgehead atoms. The van der Waals surface area contributed by atoms with Crippen LogP contribution in [-0.2, 0) is 11.8 Å². The first-order valence-electron chi connectivity index (χ1n) is 8.19. The molecule has 0 heterocycles. The van der Waals surface area contributed by atoms with Crippen molar-refractivity contribution in [3.63, 3.8) is 0 Å². The van der Waals surface area contributed by atoms with Crippen molar-refractivity contribution < 1.29 is 36.2 Å². The molecule has 0 radical (unpaired) electrons. The number of nitrogens with one attached hydrogen (secondary N) is 1. The first-order valence-corrected chi connectivity index (χ1v) is 8.98. The van der Waals surface area contributed by atoms with E-state index in [1.165, 1.54) is 19.1 Å². The lowest BCUT2D eigenvalue weighted by atomic mass is 9.88. The van der Waals surface area contributed by atoms with Gasteiger partial charge in [-0.25, -0.2) is 13.2 Å². The minimum absolute atomic E-state index is 0.0308. The van der Waals surface area contributed by atoms with Crippen LogP contribution in [0.15, 0.2) is 40.9 Å². The van der Waals surface area contributed by atoms with Gasteiger partial charge in [-0.05, 0) is 59.1 Å². The van der Waals surface area contributed by atoms with Crippen LogP contribution in [0.2, 0.25) is 0 Å². The van der Waals surface area contributed by atoms with Crippen LogP contribution in [0.1, 0.15) is 34.0 Å². The van der Waals surface area contributed by atoms with Crippen molar-refractivity contribution in [2.24, 2.45) is 0 Å². The van der Waals surface area contributed by atoms with Gasteiger partial charge in [0.2, 0.25) is 0 Å². The summed E-state index contributed by atoms with van der Waals surface area (Å²) in [5, 5.41) is 12.1. The molecular weight excluding hydrogens is 468 g/mol. The molecule has 2 aromatic carbocycles. The van der Waals surface area contributed by atoms with E-state index >= 15 is 0 Å². The van der Waals surface area contributed by atoms with Crippen molar-refractivity contribution >= 4 is 21.8 Å². The zero-order chi connectivity index (χ0) is 22.2. The summed E-state index contributed by atoms with van der Waals surface area (Å²) in [7, 11) is 0. The molecule has 0 aliphatic rings. The number of aliphatic hydroxyl groups is 1. The quantitative estimate of drug-likeness (QED) is 0.575. The maximum absolute atomic E-state index is 14.6. The Balaban J connectivity index is 2.22. The van der Waals surface area contributed by atoms with Crippen molar-refractivity contribution in [3.8, 4) is 0 Å². The SMILES string of the molecule is Cc1ccc(Br)c(F)c1C(=O)NCC(F)(F)C(C)(O)c1ccc(C(F)(F)F)cc1. The second-order valence-corrected chi connectivity index (χ2v) is 7.44. The lowest BCUT2D eigenvalue weighted by molar-refractivity contribution is -0.173. The van der Waals surface area contributed by atoms with Gasteiger partial charge in [-0.2, -0.15) is 13.2 Å². The van der Waals surface area contributed by atoms with Crippen molar-refractivity contribution in [2.75, 3.05) is 6.54 Å². The minimum Gasteiger partial charge on any atom is -0.379 e. The molecule has 29 heavy (non-hydrogen) atoms. The van der Waals surface area contributed by atoms with E-state index < -0.39 is 52.7 Å². The number of aryl methyl sites for hydroxylation is 1. The van der Waals surface area contributed by atoms with Crippen molar-refractivity contribution in [1.82, 2.24) is 5.32 Å². The highest BCUT2D eigenvalue weighted by molar-refractivity contribution is 9.10. The second kappa shape index (κ2) is 7.98. The summed E-state index contributed by atoms with van der Waals surface area (Å²) in [6.45, 7) is 0.763. The number of carbonyl (C=O) groups excluding carboxylic acids is 1. The fourth-order valence-corrected chi connectivity index (χ4v) is 2.90. The summed E-state index contributed by atoms with van der Waals surface area (Å²) in [5.41, 5.74) is -4.66. The monoisotopic (exact) mass is 483 g/mol. The third-order valence-electron chi connectivity index (χ3n) is 4.49. The Labute approximate surface area is 170 Å². The molecule has 0 saturated carbocycles. The van der Waals surface area contributed by atoms with E-state index in [9.17, 15) is 36.2 Å². The molecule has 0 aromatic heterocycles. The topological polar surface area (TPSA) is 49.3 Å². The van der Waals surface area contributed by atoms with Crippen LogP contribution in [0.5, 0.6) is 0 Å². The normalized spacial score (nSPS) is 14.4. The molecule has 0 saturated heterocycles. The average Bonchev–Trinajstić information content (AvgIpc) is 2.62. The first kappa shape index (κ1) is 23.2. The smallest absolute Gasteiger partial charge is 0.379 e. The summed E-state index contributed by atoms with van der Waals surface area (Å²) < 4.78 is 81.1. The Bertz CT molecular complexity index is 910. The third-order valence-corrected chi connectivity index (χ3v) is 5.10. The molecule has 0 aliphatic heterocycles. The van der Waals surface area contributed by atoms with E-state index in [1.807, 2.05) is 5.32 Å². The summed E-state index contributed by atoms with van der Waals surface area (Å²) in [5.74, 6) is -6.02. The minimum atomic E-state index is -4.66. The summed E-state index contributed by atoms with van der Waals surface area (Å²) >= 11 is 2.90. The van der Waals surface area contributed by atoms with Gasteiger partial charge in [-0.15, -0.1) is 0 Å². The number of carbonyl (C=O) groups is 1. The molecule has 2 N–H and O–H groups in total. The molecule has 2 rings (SSSR count). The largest absolute Gasteiger partial charge is 0.416 e. The molecule has 3 nitrogen and oxygen atoms in total. The summed E-state index contributed by atoms with van der Waals surface area (Å²) in [4.78, 5) is 12.2. The second-order valence-electron chi connectivity index (χ2n) is 6.59. The van der Waals surface area contributed by atoms with Crippen LogP contribution in [0.25, 0.3) is 0 Å². The number of alkyl halides is 5. The molecule has 1 unspecified atom stereocenters. The van der Waals surface area contributed by atoms with E-state index in [1.54, 1.807) is 0 Å². The Morgan fingerprint density at radius 3 is 2.07 bits per heavy atom. The van der Waals surface area contributed by atoms with Crippen molar-refractivity contribution in [3.05, 3.63) is 68.9 Å². The van der Waals surface area contributed by atoms with Gasteiger partial charge in [0.15, 0.2) is 5.60 Å². The van der Waals surface area contributed by atoms with Gasteiger partial charge in [-0.1, -0.05) is 18.2 Å². The van der Waals surface area contributed by atoms with Gasteiger partial charge in [-0.3, -0.25) is 4.79 Å². The number of halogens is 7. The van der Waals surface area contributed by atoms with Crippen LogP contribution in [0.4, 0.5) is 26.3 Å². The van der Waals surface area contributed by atoms with Crippen LogP contribution in [-0.4, -0.2) is 23.5 Å². The van der Waals surface area contributed by atoms with Crippen molar-refractivity contribution in [1.29, 1.82) is 0 Å². The fraction of sp³-hybridized carbons (Fsp3) is 0.316. The zero-order valence-corrected chi connectivity index (χ0v) is 16.8. The third kappa shape index (κ3) is 4.75. The number of hydrogen-bond acceptors (Lipinski definition) is 2. The number of rotatable bonds is 5. The standard InChI is InChI=1S/C19H16BrF6NO2/c1-10-3-8-13(20)15(21)14(10)16(28)27-9-18(22,23)17(2,29)11-4-6-12(7-5-11)19(24,25)26/h3-8,29H,9H2,1-2H3,(H,27,28). The van der Waals surface area contributed by atoms with Crippen LogP contribution >= 0.6 is 15.9 Å². The molecule has 158 valence electrons. The van der Waals surface area contributed by atoms with Gasteiger partial charge < -0.3 is 10.4 Å². The van der Waals surface area contributed by atoms with Gasteiger partial charge in [0.1, 0.15) is 5.82 Å². The number of amides is 1. The zero-order valence-electron chi connectivity index (χ0n) is 15.2. The highest BCUT2D eigenvalue weighted by Gasteiger charge is 2.50. The fourth-order valence-electron chi connectivity index (χ4n) is 2.57. The Hall–Kier alpha value is -2.07. The lowest BCUT2D eigenvalue weighted by Gasteiger charge is -2.33. The molecular formula is C19H16BrF6NO2. The predicted molar refractivity (Wildman–Crippen MR) is 97.1 cm³/mol. The van der Waals surface area contributed by atoms with E-state index in [0.29, 0.717) is 19.1 Å². The molecule has 0 aliphatic carbocycles. The molecule has 0 spiro atoms. The molecule has 2 aromatic rings. The van der Waals surface area contributed by atoms with Crippen molar-refractivity contribution in [2.45, 2.75) is 31.5 Å².